The molecule has 0 amide bonds. The fourth-order valence-electron chi connectivity index (χ4n) is 0.235. The second-order valence-electron chi connectivity index (χ2n) is 1.59. The third-order valence-electron chi connectivity index (χ3n) is 0.703. The molecular weight excluding hydrogens is 374 g/mol. The lowest BCUT2D eigenvalue weighted by Gasteiger charge is -2.22. The fourth-order valence-corrected chi connectivity index (χ4v) is 1.81. The van der Waals surface area contributed by atoms with Crippen LogP contribution in [0.1, 0.15) is 8.22 Å². The Morgan fingerprint density at radius 3 is 2.31 bits per heavy atom. The largest absolute Gasteiger partial charge is 0.475 e. The summed E-state index contributed by atoms with van der Waals surface area (Å²) in [6.45, 7) is 0. The van der Waals surface area contributed by atoms with E-state index in [0.717, 1.165) is 0 Å². The molecule has 0 N–H and O–H groups in total. The maximum absolute atomic E-state index is 11.9. The van der Waals surface area contributed by atoms with Crippen LogP contribution in [0.15, 0.2) is 0 Å². The van der Waals surface area contributed by atoms with Crippen LogP contribution >= 0.6 is 62.9 Å². The lowest BCUT2D eigenvalue weighted by atomic mass is 10.9. The molecule has 9 heteroatoms. The molecule has 0 aliphatic heterocycles. The van der Waals surface area contributed by atoms with Crippen LogP contribution in [-0.4, -0.2) is 22.3 Å². The van der Waals surface area contributed by atoms with Gasteiger partial charge in [0.2, 0.25) is 3.24 Å². The van der Waals surface area contributed by atoms with Crippen LogP contribution in [0, 0.1) is 0 Å². The molecule has 0 saturated heterocycles. The van der Waals surface area contributed by atoms with E-state index in [9.17, 15) is 4.57 Å². The Bertz CT molecular complexity index is 337. The van der Waals surface area contributed by atoms with Crippen molar-refractivity contribution in [1.82, 2.24) is 0 Å². The van der Waals surface area contributed by atoms with E-state index < -0.39 is 30.2 Å². The normalized spacial score (nSPS) is 24.6. The molecule has 0 aliphatic carbocycles. The van der Waals surface area contributed by atoms with Gasteiger partial charge in [-0.05, 0) is 15.9 Å². The Balaban J connectivity index is 5.13. The van der Waals surface area contributed by atoms with Crippen molar-refractivity contribution in [3.8, 4) is 0 Å². The van der Waals surface area contributed by atoms with Crippen molar-refractivity contribution < 1.29 is 26.4 Å². The van der Waals surface area contributed by atoms with Crippen LogP contribution in [0.2, 0.25) is 0 Å². The maximum Gasteiger partial charge on any atom is 0.475 e. The number of hydrogen-bond donors (Lipinski definition) is 0. The third-order valence-corrected chi connectivity index (χ3v) is 4.74. The summed E-state index contributed by atoms with van der Waals surface area (Å²) in [5, 5.41) is -1.49. The van der Waals surface area contributed by atoms with E-state index in [-0.39, 0.29) is 0 Å². The van der Waals surface area contributed by atoms with Gasteiger partial charge in [-0.15, -0.1) is 0 Å². The van der Waals surface area contributed by atoms with Crippen molar-refractivity contribution >= 4 is 62.9 Å². The van der Waals surface area contributed by atoms with Crippen LogP contribution in [0.3, 0.4) is 0 Å². The number of phosphoric acid groups is 1. The summed E-state index contributed by atoms with van der Waals surface area (Å²) < 4.78 is 63.6. The molecule has 0 rings (SSSR count). The number of alkyl halides is 4. The highest BCUT2D eigenvalue weighted by Gasteiger charge is 2.38. The Morgan fingerprint density at radius 1 is 1.54 bits per heavy atom. The minimum atomic E-state index is -4.99. The molecule has 0 heterocycles. The molecule has 13 heavy (non-hydrogen) atoms. The van der Waals surface area contributed by atoms with E-state index >= 15 is 0 Å². The van der Waals surface area contributed by atoms with Crippen LogP contribution in [0.25, 0.3) is 0 Å². The van der Waals surface area contributed by atoms with E-state index in [1.165, 1.54) is 0 Å². The van der Waals surface area contributed by atoms with E-state index in [1.807, 2.05) is 0 Å². The molecular formula is C4H7Br2Cl2O4P. The van der Waals surface area contributed by atoms with Crippen molar-refractivity contribution in [1.29, 1.82) is 0 Å². The first-order valence-corrected chi connectivity index (χ1v) is 6.37. The summed E-state index contributed by atoms with van der Waals surface area (Å²) in [6.07, 6.45) is 0. The summed E-state index contributed by atoms with van der Waals surface area (Å²) >= 11 is 16.5. The molecule has 1 unspecified atom stereocenters. The lowest BCUT2D eigenvalue weighted by molar-refractivity contribution is 0.146. The van der Waals surface area contributed by atoms with Gasteiger partial charge in [-0.1, -0.05) is 39.1 Å². The molecule has 80 valence electrons. The molecule has 1 atom stereocenters. The van der Waals surface area contributed by atoms with Crippen molar-refractivity contribution in [3.05, 3.63) is 0 Å². The molecule has 0 aromatic rings. The highest BCUT2D eigenvalue weighted by atomic mass is 79.9. The predicted octanol–water partition coefficient (Wildman–Crippen LogP) is 3.65. The van der Waals surface area contributed by atoms with Gasteiger partial charge in [0.1, 0.15) is 0 Å². The molecule has 4 nitrogen and oxygen atoms in total. The van der Waals surface area contributed by atoms with Crippen LogP contribution < -0.4 is 0 Å². The van der Waals surface area contributed by atoms with Gasteiger partial charge >= 0.3 is 7.82 Å². The third kappa shape index (κ3) is 5.33. The molecule has 0 radical (unpaired) electrons. The first-order valence-electron chi connectivity index (χ1n) is 5.45. The smallest absolute Gasteiger partial charge is 0.290 e. The van der Waals surface area contributed by atoms with Crippen LogP contribution in [-0.2, 0) is 18.1 Å². The summed E-state index contributed by atoms with van der Waals surface area (Å²) in [5.74, 6) is 0. The minimum Gasteiger partial charge on any atom is -0.290 e. The molecule has 0 aromatic carbocycles. The van der Waals surface area contributed by atoms with Crippen molar-refractivity contribution in [2.24, 2.45) is 0 Å². The van der Waals surface area contributed by atoms with Gasteiger partial charge in [0, 0.05) is 14.1 Å². The monoisotopic (exact) mass is 384 g/mol. The zero-order chi connectivity index (χ0) is 15.7. The van der Waals surface area contributed by atoms with E-state index in [1.54, 1.807) is 0 Å². The summed E-state index contributed by atoms with van der Waals surface area (Å²) in [5.41, 5.74) is 0. The number of halogens is 4. The van der Waals surface area contributed by atoms with Gasteiger partial charge in [-0.2, -0.15) is 0 Å². The van der Waals surface area contributed by atoms with Crippen LogP contribution in [0.4, 0.5) is 0 Å². The van der Waals surface area contributed by atoms with Crippen molar-refractivity contribution in [2.75, 3.05) is 14.1 Å². The summed E-state index contributed by atoms with van der Waals surface area (Å²) in [6, 6.07) is 0. The first kappa shape index (κ1) is 7.07. The standard InChI is InChI=1S/C4H7Br2Cl2O4P/c1-10-13(9,11-2)12-3(5)4(6,7)8/h3H,1-2H3/i1D3,2D3. The maximum atomic E-state index is 11.9. The fraction of sp³-hybridized carbons (Fsp3) is 1.00. The average molecular weight is 387 g/mol. The van der Waals surface area contributed by atoms with Crippen molar-refractivity contribution in [2.45, 2.75) is 8.26 Å². The molecule has 0 saturated carbocycles. The Morgan fingerprint density at radius 2 is 2.00 bits per heavy atom. The zero-order valence-electron chi connectivity index (χ0n) is 11.7. The predicted molar refractivity (Wildman–Crippen MR) is 58.8 cm³/mol. The van der Waals surface area contributed by atoms with Crippen molar-refractivity contribution in [3.63, 3.8) is 0 Å². The number of rotatable bonds is 5. The van der Waals surface area contributed by atoms with E-state index in [2.05, 4.69) is 45.4 Å². The van der Waals surface area contributed by atoms with Gasteiger partial charge in [-0.25, -0.2) is 4.57 Å². The Labute approximate surface area is 111 Å². The second kappa shape index (κ2) is 5.66. The highest BCUT2D eigenvalue weighted by Crippen LogP contribution is 2.53. The summed E-state index contributed by atoms with van der Waals surface area (Å²) in [7, 11) is -11.4. The Kier molecular flexibility index (Phi) is 3.08. The lowest BCUT2D eigenvalue weighted by Crippen LogP contribution is -2.21. The highest BCUT2D eigenvalue weighted by molar-refractivity contribution is 9.13. The minimum absolute atomic E-state index is 1.49. The summed E-state index contributed by atoms with van der Waals surface area (Å²) in [4.78, 5) is 0. The van der Waals surface area contributed by atoms with Gasteiger partial charge in [0.25, 0.3) is 0 Å². The topological polar surface area (TPSA) is 44.8 Å². The quantitative estimate of drug-likeness (QED) is 0.534. The number of phosphoric ester groups is 1. The number of hydrogen-bond acceptors (Lipinski definition) is 4. The van der Waals surface area contributed by atoms with Gasteiger partial charge in [-0.3, -0.25) is 13.6 Å². The molecule has 0 fully saturated rings. The zero-order valence-corrected chi connectivity index (χ0v) is 11.2. The SMILES string of the molecule is [2H]C([2H])([2H])OP(=O)(OC(Br)C(Cl)(Cl)Br)OC([2H])([2H])[2H]. The Hall–Kier alpha value is 1.65. The van der Waals surface area contributed by atoms with Gasteiger partial charge in [0.05, 0.1) is 8.22 Å². The first-order chi connectivity index (χ1) is 8.04. The molecule has 0 spiro atoms. The second-order valence-corrected chi connectivity index (χ2v) is 7.44. The average Bonchev–Trinajstić information content (AvgIpc) is 1.91. The van der Waals surface area contributed by atoms with Gasteiger partial charge in [0.15, 0.2) is 5.01 Å². The van der Waals surface area contributed by atoms with E-state index in [4.69, 9.17) is 31.4 Å². The molecule has 0 aromatic heterocycles. The van der Waals surface area contributed by atoms with Gasteiger partial charge < -0.3 is 0 Å². The van der Waals surface area contributed by atoms with Crippen LogP contribution in [0.5, 0.6) is 0 Å². The molecule has 0 aliphatic rings. The molecule has 0 bridgehead atoms. The van der Waals surface area contributed by atoms with E-state index in [0.29, 0.717) is 0 Å².